The summed E-state index contributed by atoms with van der Waals surface area (Å²) in [4.78, 5) is 0. The molecule has 1 rings (SSSR count). The third-order valence-electron chi connectivity index (χ3n) is 2.92. The second-order valence-electron chi connectivity index (χ2n) is 5.14. The van der Waals surface area contributed by atoms with Gasteiger partial charge in [0.1, 0.15) is 0 Å². The first-order valence-electron chi connectivity index (χ1n) is 5.29. The molecule has 0 radical (unpaired) electrons. The fraction of sp³-hybridized carbons (Fsp3) is 0.385. The molecule has 0 aliphatic heterocycles. The van der Waals surface area contributed by atoms with Gasteiger partial charge in [0.2, 0.25) is 0 Å². The van der Waals surface area contributed by atoms with E-state index in [0.29, 0.717) is 0 Å². The Balaban J connectivity index is 2.83. The van der Waals surface area contributed by atoms with Crippen molar-refractivity contribution in [2.75, 3.05) is 0 Å². The molecule has 0 amide bonds. The highest BCUT2D eigenvalue weighted by molar-refractivity contribution is 6.79. The molecule has 2 heteroatoms. The molecule has 0 aromatic heterocycles. The van der Waals surface area contributed by atoms with Crippen LogP contribution in [0.4, 0.5) is 0 Å². The first-order valence-corrected chi connectivity index (χ1v) is 8.79. The molecule has 0 aliphatic carbocycles. The van der Waals surface area contributed by atoms with E-state index < -0.39 is 13.3 Å². The van der Waals surface area contributed by atoms with Gasteiger partial charge in [0.15, 0.2) is 0 Å². The molecule has 0 saturated heterocycles. The van der Waals surface area contributed by atoms with Crippen LogP contribution in [0, 0.1) is 0 Å². The molecule has 0 saturated carbocycles. The van der Waals surface area contributed by atoms with E-state index in [1.165, 1.54) is 0 Å². The lowest BCUT2D eigenvalue weighted by atomic mass is 10.2. The van der Waals surface area contributed by atoms with Gasteiger partial charge >= 0.3 is 0 Å². The second kappa shape index (κ2) is 4.33. The standard InChI is InChI=1S/C13H20OSi/c1-13(14,15(2,3)4)11-10-12-8-6-5-7-9-12/h5-11,14H,1-4H3/b11-10+. The van der Waals surface area contributed by atoms with Gasteiger partial charge in [0.25, 0.3) is 0 Å². The summed E-state index contributed by atoms with van der Waals surface area (Å²) in [6.07, 6.45) is 3.92. The van der Waals surface area contributed by atoms with Gasteiger partial charge in [-0.15, -0.1) is 0 Å². The quantitative estimate of drug-likeness (QED) is 0.775. The third-order valence-corrected chi connectivity index (χ3v) is 6.12. The van der Waals surface area contributed by atoms with Crippen molar-refractivity contribution < 1.29 is 5.11 Å². The van der Waals surface area contributed by atoms with Crippen molar-refractivity contribution in [2.45, 2.75) is 31.8 Å². The lowest BCUT2D eigenvalue weighted by Gasteiger charge is -2.32. The minimum absolute atomic E-state index is 0.650. The third kappa shape index (κ3) is 3.32. The maximum atomic E-state index is 10.3. The van der Waals surface area contributed by atoms with Crippen molar-refractivity contribution in [3.05, 3.63) is 42.0 Å². The SMILES string of the molecule is CC(O)(/C=C/c1ccccc1)[Si](C)(C)C. The smallest absolute Gasteiger partial charge is 0.0866 e. The molecule has 0 bridgehead atoms. The van der Waals surface area contributed by atoms with Crippen molar-refractivity contribution >= 4 is 14.1 Å². The minimum Gasteiger partial charge on any atom is -0.390 e. The summed E-state index contributed by atoms with van der Waals surface area (Å²) in [5.74, 6) is 0. The molecule has 1 aromatic carbocycles. The van der Waals surface area contributed by atoms with E-state index in [4.69, 9.17) is 0 Å². The summed E-state index contributed by atoms with van der Waals surface area (Å²) in [6.45, 7) is 8.41. The molecular weight excluding hydrogens is 200 g/mol. The largest absolute Gasteiger partial charge is 0.390 e. The first kappa shape index (κ1) is 12.2. The maximum absolute atomic E-state index is 10.3. The Morgan fingerprint density at radius 2 is 1.67 bits per heavy atom. The van der Waals surface area contributed by atoms with E-state index >= 15 is 0 Å². The number of hydrogen-bond acceptors (Lipinski definition) is 1. The summed E-state index contributed by atoms with van der Waals surface area (Å²) in [6, 6.07) is 10.1. The molecule has 1 unspecified atom stereocenters. The highest BCUT2D eigenvalue weighted by Gasteiger charge is 2.34. The van der Waals surface area contributed by atoms with Gasteiger partial charge in [-0.3, -0.25) is 0 Å². The van der Waals surface area contributed by atoms with Gasteiger partial charge in [-0.25, -0.2) is 0 Å². The topological polar surface area (TPSA) is 20.2 Å². The maximum Gasteiger partial charge on any atom is 0.0866 e. The number of benzene rings is 1. The van der Waals surface area contributed by atoms with Crippen LogP contribution in [0.3, 0.4) is 0 Å². The Kier molecular flexibility index (Phi) is 3.53. The van der Waals surface area contributed by atoms with Crippen molar-refractivity contribution in [1.29, 1.82) is 0 Å². The van der Waals surface area contributed by atoms with Crippen LogP contribution in [-0.4, -0.2) is 18.4 Å². The highest BCUT2D eigenvalue weighted by atomic mass is 28.3. The molecule has 0 fully saturated rings. The highest BCUT2D eigenvalue weighted by Crippen LogP contribution is 2.22. The van der Waals surface area contributed by atoms with E-state index in [1.54, 1.807) is 0 Å². The molecule has 1 atom stereocenters. The molecule has 0 spiro atoms. The average molecular weight is 220 g/mol. The zero-order chi connectivity index (χ0) is 11.5. The van der Waals surface area contributed by atoms with Gasteiger partial charge in [0.05, 0.1) is 13.3 Å². The summed E-state index contributed by atoms with van der Waals surface area (Å²) >= 11 is 0. The molecule has 1 N–H and O–H groups in total. The second-order valence-corrected chi connectivity index (χ2v) is 10.7. The monoisotopic (exact) mass is 220 g/mol. The number of hydrogen-bond donors (Lipinski definition) is 1. The number of rotatable bonds is 3. The Morgan fingerprint density at radius 1 is 1.13 bits per heavy atom. The van der Waals surface area contributed by atoms with E-state index in [0.717, 1.165) is 5.56 Å². The summed E-state index contributed by atoms with van der Waals surface area (Å²) in [5, 5.41) is 9.64. The predicted octanol–water partition coefficient (Wildman–Crippen LogP) is 3.33. The van der Waals surface area contributed by atoms with E-state index in [9.17, 15) is 5.11 Å². The van der Waals surface area contributed by atoms with Crippen LogP contribution in [0.1, 0.15) is 12.5 Å². The zero-order valence-electron chi connectivity index (χ0n) is 9.99. The van der Waals surface area contributed by atoms with Crippen LogP contribution in [0.15, 0.2) is 36.4 Å². The molecule has 15 heavy (non-hydrogen) atoms. The molecular formula is C13H20OSi. The molecule has 1 nitrogen and oxygen atoms in total. The molecule has 82 valence electrons. The van der Waals surface area contributed by atoms with Gasteiger partial charge in [-0.2, -0.15) is 0 Å². The summed E-state index contributed by atoms with van der Waals surface area (Å²) in [7, 11) is -1.57. The van der Waals surface area contributed by atoms with Crippen LogP contribution in [0.2, 0.25) is 19.6 Å². The molecule has 1 aromatic rings. The first-order chi connectivity index (χ1) is 6.83. The van der Waals surface area contributed by atoms with Crippen LogP contribution < -0.4 is 0 Å². The minimum atomic E-state index is -1.57. The van der Waals surface area contributed by atoms with Crippen LogP contribution in [-0.2, 0) is 0 Å². The Bertz CT molecular complexity index is 333. The van der Waals surface area contributed by atoms with Gasteiger partial charge in [-0.05, 0) is 12.5 Å². The van der Waals surface area contributed by atoms with Gasteiger partial charge < -0.3 is 5.11 Å². The predicted molar refractivity (Wildman–Crippen MR) is 69.4 cm³/mol. The van der Waals surface area contributed by atoms with Gasteiger partial charge in [-0.1, -0.05) is 62.1 Å². The van der Waals surface area contributed by atoms with Crippen molar-refractivity contribution in [1.82, 2.24) is 0 Å². The van der Waals surface area contributed by atoms with Crippen LogP contribution in [0.5, 0.6) is 0 Å². The van der Waals surface area contributed by atoms with E-state index in [2.05, 4.69) is 19.6 Å². The zero-order valence-corrected chi connectivity index (χ0v) is 11.0. The lowest BCUT2D eigenvalue weighted by molar-refractivity contribution is 0.188. The Hall–Kier alpha value is -0.863. The average Bonchev–Trinajstić information content (AvgIpc) is 2.15. The van der Waals surface area contributed by atoms with Gasteiger partial charge in [0, 0.05) is 0 Å². The number of aliphatic hydroxyl groups is 1. The fourth-order valence-corrected chi connectivity index (χ4v) is 1.66. The summed E-state index contributed by atoms with van der Waals surface area (Å²) < 4.78 is 0. The lowest BCUT2D eigenvalue weighted by Crippen LogP contribution is -2.48. The van der Waals surface area contributed by atoms with Crippen molar-refractivity contribution in [2.24, 2.45) is 0 Å². The summed E-state index contributed by atoms with van der Waals surface area (Å²) in [5.41, 5.74) is 1.14. The normalized spacial score (nSPS) is 16.6. The van der Waals surface area contributed by atoms with Crippen LogP contribution >= 0.6 is 0 Å². The molecule has 0 heterocycles. The Morgan fingerprint density at radius 3 is 2.13 bits per heavy atom. The van der Waals surface area contributed by atoms with Crippen molar-refractivity contribution in [3.8, 4) is 0 Å². The fourth-order valence-electron chi connectivity index (χ4n) is 1.07. The van der Waals surface area contributed by atoms with E-state index in [-0.39, 0.29) is 0 Å². The Labute approximate surface area is 93.5 Å². The van der Waals surface area contributed by atoms with Crippen LogP contribution in [0.25, 0.3) is 6.08 Å². The van der Waals surface area contributed by atoms with Crippen molar-refractivity contribution in [3.63, 3.8) is 0 Å². The van der Waals surface area contributed by atoms with E-state index in [1.807, 2.05) is 49.4 Å². The molecule has 0 aliphatic rings.